The molecule has 8 nitrogen and oxygen atoms in total. The van der Waals surface area contributed by atoms with Gasteiger partial charge in [0.15, 0.2) is 0 Å². The van der Waals surface area contributed by atoms with E-state index >= 15 is 0 Å². The van der Waals surface area contributed by atoms with Gasteiger partial charge in [-0.05, 0) is 24.3 Å². The van der Waals surface area contributed by atoms with Crippen LogP contribution >= 0.6 is 11.6 Å². The Hall–Kier alpha value is -2.45. The second-order valence-corrected chi connectivity index (χ2v) is 5.46. The number of nitrogens with zero attached hydrogens (tertiary/aromatic N) is 4. The lowest BCUT2D eigenvalue weighted by Gasteiger charge is -2.28. The Morgan fingerprint density at radius 3 is 2.61 bits per heavy atom. The average molecular weight is 335 g/mol. The minimum atomic E-state index is -0.455. The van der Waals surface area contributed by atoms with Crippen LogP contribution in [-0.4, -0.2) is 41.1 Å². The molecular weight excluding hydrogens is 320 g/mol. The van der Waals surface area contributed by atoms with Crippen molar-refractivity contribution >= 4 is 34.7 Å². The first-order valence-electron chi connectivity index (χ1n) is 7.13. The summed E-state index contributed by atoms with van der Waals surface area (Å²) in [4.78, 5) is 21.0. The Morgan fingerprint density at radius 1 is 1.26 bits per heavy atom. The van der Waals surface area contributed by atoms with Gasteiger partial charge in [0.05, 0.1) is 4.92 Å². The molecule has 1 saturated heterocycles. The SMILES string of the molecule is O=[N+]([O-])c1cnc(Nc2ccc(Cl)cc2)nc1N1CCNCC1. The molecule has 0 aliphatic carbocycles. The van der Waals surface area contributed by atoms with Gasteiger partial charge in [0.1, 0.15) is 6.20 Å². The molecule has 1 aromatic heterocycles. The van der Waals surface area contributed by atoms with Crippen LogP contribution in [0.1, 0.15) is 0 Å². The molecule has 1 aromatic carbocycles. The van der Waals surface area contributed by atoms with Crippen LogP contribution in [0.5, 0.6) is 0 Å². The third-order valence-corrected chi connectivity index (χ3v) is 3.72. The molecule has 1 fully saturated rings. The highest BCUT2D eigenvalue weighted by Gasteiger charge is 2.24. The fraction of sp³-hybridized carbons (Fsp3) is 0.286. The van der Waals surface area contributed by atoms with E-state index in [0.717, 1.165) is 18.8 Å². The molecule has 2 heterocycles. The summed E-state index contributed by atoms with van der Waals surface area (Å²) in [6.07, 6.45) is 1.24. The molecule has 0 amide bonds. The Labute approximate surface area is 137 Å². The highest BCUT2D eigenvalue weighted by Crippen LogP contribution is 2.27. The monoisotopic (exact) mass is 334 g/mol. The Balaban J connectivity index is 1.89. The zero-order chi connectivity index (χ0) is 16.2. The van der Waals surface area contributed by atoms with Crippen molar-refractivity contribution in [2.24, 2.45) is 0 Å². The van der Waals surface area contributed by atoms with Crippen LogP contribution < -0.4 is 15.5 Å². The topological polar surface area (TPSA) is 96.2 Å². The van der Waals surface area contributed by atoms with Crippen LogP contribution in [0.2, 0.25) is 5.02 Å². The van der Waals surface area contributed by atoms with Gasteiger partial charge in [-0.25, -0.2) is 4.98 Å². The van der Waals surface area contributed by atoms with Crippen LogP contribution in [-0.2, 0) is 0 Å². The maximum absolute atomic E-state index is 11.2. The number of hydrogen-bond donors (Lipinski definition) is 2. The first-order chi connectivity index (χ1) is 11.1. The Kier molecular flexibility index (Phi) is 4.54. The van der Waals surface area contributed by atoms with E-state index in [2.05, 4.69) is 20.6 Å². The van der Waals surface area contributed by atoms with Gasteiger partial charge in [0.2, 0.25) is 11.8 Å². The molecule has 0 bridgehead atoms. The van der Waals surface area contributed by atoms with Gasteiger partial charge in [-0.15, -0.1) is 0 Å². The van der Waals surface area contributed by atoms with Gasteiger partial charge >= 0.3 is 5.69 Å². The predicted octanol–water partition coefficient (Wildman–Crippen LogP) is 2.19. The van der Waals surface area contributed by atoms with E-state index in [9.17, 15) is 10.1 Å². The number of halogens is 1. The zero-order valence-electron chi connectivity index (χ0n) is 12.2. The molecule has 0 atom stereocenters. The molecular formula is C14H15ClN6O2. The van der Waals surface area contributed by atoms with E-state index < -0.39 is 4.92 Å². The summed E-state index contributed by atoms with van der Waals surface area (Å²) >= 11 is 5.85. The van der Waals surface area contributed by atoms with Crippen molar-refractivity contribution < 1.29 is 4.92 Å². The lowest BCUT2D eigenvalue weighted by molar-refractivity contribution is -0.384. The maximum atomic E-state index is 11.2. The van der Waals surface area contributed by atoms with Crippen LogP contribution in [0.4, 0.5) is 23.1 Å². The summed E-state index contributed by atoms with van der Waals surface area (Å²) in [6, 6.07) is 7.06. The van der Waals surface area contributed by atoms with E-state index in [-0.39, 0.29) is 5.69 Å². The summed E-state index contributed by atoms with van der Waals surface area (Å²) in [6.45, 7) is 2.86. The summed E-state index contributed by atoms with van der Waals surface area (Å²) in [5.41, 5.74) is 0.670. The molecule has 0 radical (unpaired) electrons. The van der Waals surface area contributed by atoms with E-state index in [1.165, 1.54) is 6.20 Å². The lowest BCUT2D eigenvalue weighted by atomic mass is 10.3. The van der Waals surface area contributed by atoms with Gasteiger partial charge in [-0.2, -0.15) is 4.98 Å². The van der Waals surface area contributed by atoms with Crippen molar-refractivity contribution in [1.82, 2.24) is 15.3 Å². The third kappa shape index (κ3) is 3.66. The summed E-state index contributed by atoms with van der Waals surface area (Å²) in [5, 5.41) is 18.1. The normalized spacial score (nSPS) is 14.6. The highest BCUT2D eigenvalue weighted by atomic mass is 35.5. The van der Waals surface area contributed by atoms with Gasteiger partial charge in [0, 0.05) is 36.9 Å². The smallest absolute Gasteiger partial charge is 0.329 e. The maximum Gasteiger partial charge on any atom is 0.329 e. The van der Waals surface area contributed by atoms with Crippen LogP contribution in [0, 0.1) is 10.1 Å². The van der Waals surface area contributed by atoms with Crippen molar-refractivity contribution in [3.63, 3.8) is 0 Å². The fourth-order valence-electron chi connectivity index (χ4n) is 2.33. The van der Waals surface area contributed by atoms with Crippen LogP contribution in [0.3, 0.4) is 0 Å². The number of piperazine rings is 1. The number of rotatable bonds is 4. The molecule has 3 rings (SSSR count). The largest absolute Gasteiger partial charge is 0.348 e. The van der Waals surface area contributed by atoms with Crippen molar-refractivity contribution in [1.29, 1.82) is 0 Å². The lowest BCUT2D eigenvalue weighted by Crippen LogP contribution is -2.44. The number of benzene rings is 1. The molecule has 0 saturated carbocycles. The predicted molar refractivity (Wildman–Crippen MR) is 88.5 cm³/mol. The van der Waals surface area contributed by atoms with E-state index in [1.54, 1.807) is 24.3 Å². The molecule has 1 aliphatic heterocycles. The van der Waals surface area contributed by atoms with E-state index in [1.807, 2.05) is 4.90 Å². The number of hydrogen-bond acceptors (Lipinski definition) is 7. The molecule has 1 aliphatic rings. The zero-order valence-corrected chi connectivity index (χ0v) is 13.0. The van der Waals surface area contributed by atoms with E-state index in [0.29, 0.717) is 29.9 Å². The van der Waals surface area contributed by atoms with E-state index in [4.69, 9.17) is 11.6 Å². The van der Waals surface area contributed by atoms with Crippen molar-refractivity contribution in [3.05, 3.63) is 45.6 Å². The number of nitro groups is 1. The van der Waals surface area contributed by atoms with Crippen LogP contribution in [0.25, 0.3) is 0 Å². The van der Waals surface area contributed by atoms with Crippen molar-refractivity contribution in [2.45, 2.75) is 0 Å². The van der Waals surface area contributed by atoms with Gasteiger partial charge in [0.25, 0.3) is 0 Å². The summed E-state index contributed by atoms with van der Waals surface area (Å²) in [7, 11) is 0. The molecule has 120 valence electrons. The van der Waals surface area contributed by atoms with Crippen LogP contribution in [0.15, 0.2) is 30.5 Å². The Bertz CT molecular complexity index is 703. The summed E-state index contributed by atoms with van der Waals surface area (Å²) < 4.78 is 0. The molecule has 2 aromatic rings. The quantitative estimate of drug-likeness (QED) is 0.653. The first-order valence-corrected chi connectivity index (χ1v) is 7.51. The standard InChI is InChI=1S/C14H15ClN6O2/c15-10-1-3-11(4-2-10)18-14-17-9-12(21(22)23)13(19-14)20-7-5-16-6-8-20/h1-4,9,16H,5-8H2,(H,17,18,19). The van der Waals surface area contributed by atoms with Gasteiger partial charge in [-0.1, -0.05) is 11.6 Å². The number of anilines is 3. The Morgan fingerprint density at radius 2 is 1.96 bits per heavy atom. The van der Waals surface area contributed by atoms with Gasteiger partial charge < -0.3 is 15.5 Å². The highest BCUT2D eigenvalue weighted by molar-refractivity contribution is 6.30. The first kappa shape index (κ1) is 15.4. The second-order valence-electron chi connectivity index (χ2n) is 5.03. The number of aromatic nitrogens is 2. The molecule has 0 spiro atoms. The fourth-order valence-corrected chi connectivity index (χ4v) is 2.45. The van der Waals surface area contributed by atoms with Crippen molar-refractivity contribution in [2.75, 3.05) is 36.4 Å². The van der Waals surface area contributed by atoms with Crippen molar-refractivity contribution in [3.8, 4) is 0 Å². The third-order valence-electron chi connectivity index (χ3n) is 3.46. The van der Waals surface area contributed by atoms with Gasteiger partial charge in [-0.3, -0.25) is 10.1 Å². The minimum Gasteiger partial charge on any atom is -0.348 e. The average Bonchev–Trinajstić information content (AvgIpc) is 2.57. The second kappa shape index (κ2) is 6.76. The number of nitrogens with one attached hydrogen (secondary N) is 2. The summed E-state index contributed by atoms with van der Waals surface area (Å²) in [5.74, 6) is 0.648. The molecule has 23 heavy (non-hydrogen) atoms. The molecule has 9 heteroatoms. The molecule has 0 unspecified atom stereocenters. The molecule has 2 N–H and O–H groups in total. The minimum absolute atomic E-state index is 0.0893.